The van der Waals surface area contributed by atoms with Crippen LogP contribution >= 0.6 is 11.6 Å². The van der Waals surface area contributed by atoms with Crippen molar-refractivity contribution in [2.24, 2.45) is 0 Å². The Morgan fingerprint density at radius 3 is 2.30 bits per heavy atom. The minimum absolute atomic E-state index is 0.0532. The van der Waals surface area contributed by atoms with Crippen LogP contribution in [0.5, 0.6) is 0 Å². The Morgan fingerprint density at radius 2 is 1.74 bits per heavy atom. The van der Waals surface area contributed by atoms with Gasteiger partial charge in [0.25, 0.3) is 0 Å². The Bertz CT molecular complexity index is 1100. The van der Waals surface area contributed by atoms with Crippen molar-refractivity contribution in [1.82, 2.24) is 0 Å². The fourth-order valence-electron chi connectivity index (χ4n) is 2.84. The van der Waals surface area contributed by atoms with E-state index in [4.69, 9.17) is 16.3 Å². The van der Waals surface area contributed by atoms with Crippen molar-refractivity contribution < 1.29 is 26.7 Å². The van der Waals surface area contributed by atoms with Gasteiger partial charge in [0, 0.05) is 23.4 Å². The monoisotopic (exact) mass is 412 g/mol. The van der Waals surface area contributed by atoms with Crippen LogP contribution in [0.4, 0.5) is 8.78 Å². The van der Waals surface area contributed by atoms with Gasteiger partial charge in [0.15, 0.2) is 15.4 Å². The van der Waals surface area contributed by atoms with Crippen LogP contribution in [0, 0.1) is 11.6 Å². The first-order valence-corrected chi connectivity index (χ1v) is 10.1. The van der Waals surface area contributed by atoms with Gasteiger partial charge in [0.2, 0.25) is 5.78 Å². The zero-order valence-corrected chi connectivity index (χ0v) is 16.2. The maximum Gasteiger partial charge on any atom is 0.210 e. The summed E-state index contributed by atoms with van der Waals surface area (Å²) < 4.78 is 56.8. The van der Waals surface area contributed by atoms with Crippen LogP contribution in [0.3, 0.4) is 0 Å². The minimum Gasteiger partial charge on any atom is -0.478 e. The lowest BCUT2D eigenvalue weighted by molar-refractivity contribution is -0.125. The maximum absolute atomic E-state index is 14.3. The van der Waals surface area contributed by atoms with Crippen molar-refractivity contribution in [3.63, 3.8) is 0 Å². The van der Waals surface area contributed by atoms with Gasteiger partial charge in [-0.05, 0) is 44.2 Å². The third-order valence-corrected chi connectivity index (χ3v) is 5.73. The van der Waals surface area contributed by atoms with Gasteiger partial charge in [-0.1, -0.05) is 11.6 Å². The number of halogens is 3. The molecule has 4 nitrogen and oxygen atoms in total. The Morgan fingerprint density at radius 1 is 1.07 bits per heavy atom. The highest BCUT2D eigenvalue weighted by atomic mass is 35.5. The van der Waals surface area contributed by atoms with E-state index in [1.807, 2.05) is 0 Å². The summed E-state index contributed by atoms with van der Waals surface area (Å²) in [5, 5.41) is -0.0535. The molecule has 3 rings (SSSR count). The molecule has 2 aromatic rings. The van der Waals surface area contributed by atoms with Crippen LogP contribution in [0.25, 0.3) is 11.3 Å². The normalized spacial score (nSPS) is 16.6. The number of carbonyl (C=O) groups is 1. The Hall–Kier alpha value is -2.25. The average Bonchev–Trinajstić information content (AvgIpc) is 2.77. The molecule has 0 aromatic heterocycles. The number of carbonyl (C=O) groups excluding carboxylic acids is 1. The predicted molar refractivity (Wildman–Crippen MR) is 97.9 cm³/mol. The summed E-state index contributed by atoms with van der Waals surface area (Å²) in [6, 6.07) is 6.93. The van der Waals surface area contributed by atoms with Gasteiger partial charge in [-0.25, -0.2) is 17.2 Å². The van der Waals surface area contributed by atoms with E-state index in [1.165, 1.54) is 32.0 Å². The molecule has 0 spiro atoms. The van der Waals surface area contributed by atoms with Gasteiger partial charge in [0.05, 0.1) is 15.5 Å². The Kier molecular flexibility index (Phi) is 4.64. The zero-order valence-electron chi connectivity index (χ0n) is 14.6. The number of sulfone groups is 1. The molecule has 0 saturated heterocycles. The number of hydrogen-bond acceptors (Lipinski definition) is 4. The summed E-state index contributed by atoms with van der Waals surface area (Å²) >= 11 is 6.08. The zero-order chi connectivity index (χ0) is 20.1. The molecule has 142 valence electrons. The lowest BCUT2D eigenvalue weighted by Crippen LogP contribution is -2.29. The molecule has 8 heteroatoms. The average molecular weight is 413 g/mol. The standard InChI is InChI=1S/C19H15ClF2O4S/c1-19(2)18(23)16(12-6-5-11(21)9-14(12)22)17(26-19)10-4-7-15(13(20)8-10)27(3,24)25/h4-9H,1-3H3. The molecule has 1 heterocycles. The fraction of sp³-hybridized carbons (Fsp3) is 0.211. The van der Waals surface area contributed by atoms with Gasteiger partial charge < -0.3 is 4.74 Å². The SMILES string of the molecule is CC1(C)OC(c2ccc(S(C)(=O)=O)c(Cl)c2)=C(c2ccc(F)cc2F)C1=O. The first kappa shape index (κ1) is 19.5. The number of hydrogen-bond donors (Lipinski definition) is 0. The van der Waals surface area contributed by atoms with Gasteiger partial charge in [-0.2, -0.15) is 0 Å². The molecule has 0 saturated carbocycles. The molecule has 0 aliphatic carbocycles. The fourth-order valence-corrected chi connectivity index (χ4v) is 4.17. The molecular weight excluding hydrogens is 398 g/mol. The largest absolute Gasteiger partial charge is 0.478 e. The van der Waals surface area contributed by atoms with E-state index in [2.05, 4.69) is 0 Å². The van der Waals surface area contributed by atoms with E-state index in [1.54, 1.807) is 0 Å². The lowest BCUT2D eigenvalue weighted by atomic mass is 9.92. The van der Waals surface area contributed by atoms with Crippen LogP contribution in [-0.4, -0.2) is 26.1 Å². The van der Waals surface area contributed by atoms with Crippen LogP contribution in [0.2, 0.25) is 5.02 Å². The number of benzene rings is 2. The molecule has 0 N–H and O–H groups in total. The highest BCUT2D eigenvalue weighted by Crippen LogP contribution is 2.42. The molecule has 27 heavy (non-hydrogen) atoms. The summed E-state index contributed by atoms with van der Waals surface area (Å²) in [6.45, 7) is 3.05. The van der Waals surface area contributed by atoms with E-state index in [-0.39, 0.29) is 26.8 Å². The second-order valence-electron chi connectivity index (χ2n) is 6.69. The van der Waals surface area contributed by atoms with Crippen molar-refractivity contribution in [3.05, 3.63) is 64.2 Å². The molecule has 0 unspecified atom stereocenters. The highest BCUT2D eigenvalue weighted by Gasteiger charge is 2.43. The van der Waals surface area contributed by atoms with Crippen LogP contribution in [-0.2, 0) is 19.4 Å². The third kappa shape index (κ3) is 3.49. The van der Waals surface area contributed by atoms with E-state index in [0.717, 1.165) is 18.4 Å². The molecule has 0 atom stereocenters. The summed E-state index contributed by atoms with van der Waals surface area (Å²) in [5.74, 6) is -2.11. The summed E-state index contributed by atoms with van der Waals surface area (Å²) in [7, 11) is -3.54. The van der Waals surface area contributed by atoms with Crippen LogP contribution < -0.4 is 0 Å². The summed E-state index contributed by atoms with van der Waals surface area (Å²) in [4.78, 5) is 12.7. The molecule has 1 aliphatic rings. The second kappa shape index (κ2) is 6.42. The second-order valence-corrected chi connectivity index (χ2v) is 9.08. The van der Waals surface area contributed by atoms with Crippen molar-refractivity contribution in [1.29, 1.82) is 0 Å². The van der Waals surface area contributed by atoms with Crippen molar-refractivity contribution in [2.75, 3.05) is 6.26 Å². The van der Waals surface area contributed by atoms with Crippen molar-refractivity contribution >= 4 is 38.6 Å². The molecule has 2 aromatic carbocycles. The Labute approximate surface area is 160 Å². The number of rotatable bonds is 3. The molecule has 0 bridgehead atoms. The number of ketones is 1. The quantitative estimate of drug-likeness (QED) is 0.755. The predicted octanol–water partition coefficient (Wildman–Crippen LogP) is 4.27. The highest BCUT2D eigenvalue weighted by molar-refractivity contribution is 7.90. The van der Waals surface area contributed by atoms with Gasteiger partial charge in [-0.3, -0.25) is 4.79 Å². The third-order valence-electron chi connectivity index (χ3n) is 4.15. The number of ether oxygens (including phenoxy) is 1. The first-order chi connectivity index (χ1) is 12.4. The molecule has 0 radical (unpaired) electrons. The van der Waals surface area contributed by atoms with Gasteiger partial charge in [0.1, 0.15) is 17.4 Å². The van der Waals surface area contributed by atoms with E-state index >= 15 is 0 Å². The van der Waals surface area contributed by atoms with E-state index < -0.39 is 32.9 Å². The lowest BCUT2D eigenvalue weighted by Gasteiger charge is -2.18. The minimum atomic E-state index is -3.54. The topological polar surface area (TPSA) is 60.4 Å². The van der Waals surface area contributed by atoms with Crippen LogP contribution in [0.1, 0.15) is 25.0 Å². The van der Waals surface area contributed by atoms with Gasteiger partial charge in [-0.15, -0.1) is 0 Å². The van der Waals surface area contributed by atoms with Crippen molar-refractivity contribution in [2.45, 2.75) is 24.3 Å². The van der Waals surface area contributed by atoms with E-state index in [9.17, 15) is 22.0 Å². The molecule has 0 fully saturated rings. The first-order valence-electron chi connectivity index (χ1n) is 7.85. The maximum atomic E-state index is 14.3. The molecular formula is C19H15ClF2O4S. The summed E-state index contributed by atoms with van der Waals surface area (Å²) in [6.07, 6.45) is 1.02. The Balaban J connectivity index is 2.25. The van der Waals surface area contributed by atoms with E-state index in [0.29, 0.717) is 11.6 Å². The van der Waals surface area contributed by atoms with Crippen molar-refractivity contribution in [3.8, 4) is 0 Å². The molecule has 1 aliphatic heterocycles. The number of Topliss-reactive ketones (excluding diaryl/α,β-unsaturated/α-hetero) is 1. The molecule has 0 amide bonds. The summed E-state index contributed by atoms with van der Waals surface area (Å²) in [5.41, 5.74) is -1.12. The van der Waals surface area contributed by atoms with Gasteiger partial charge >= 0.3 is 0 Å². The van der Waals surface area contributed by atoms with Crippen LogP contribution in [0.15, 0.2) is 41.3 Å². The smallest absolute Gasteiger partial charge is 0.210 e.